The lowest BCUT2D eigenvalue weighted by atomic mass is 10.2. The average Bonchev–Trinajstić information content (AvgIpc) is 2.16. The summed E-state index contributed by atoms with van der Waals surface area (Å²) in [5.74, 6) is -0.145. The van der Waals surface area contributed by atoms with Crippen LogP contribution in [-0.2, 0) is 4.79 Å². The number of nitrogens with one attached hydrogen (secondary N) is 1. The summed E-state index contributed by atoms with van der Waals surface area (Å²) in [5, 5.41) is 12.1. The molecule has 0 saturated carbocycles. The van der Waals surface area contributed by atoms with Crippen molar-refractivity contribution in [3.8, 4) is 0 Å². The predicted molar refractivity (Wildman–Crippen MR) is 60.8 cm³/mol. The Balaban J connectivity index is 0. The molecule has 0 aromatic rings. The zero-order chi connectivity index (χ0) is 12.1. The second kappa shape index (κ2) is 7.65. The first kappa shape index (κ1) is 17.8. The summed E-state index contributed by atoms with van der Waals surface area (Å²) in [6.07, 6.45) is 1.74. The number of nitrogens with zero attached hydrogens (tertiary/aromatic N) is 1. The number of hydrogen-bond donors (Lipinski definition) is 2. The number of hydrogen-bond acceptors (Lipinski definition) is 2. The number of quaternary nitrogens is 1. The Kier molecular flexibility index (Phi) is 8.52. The van der Waals surface area contributed by atoms with Crippen LogP contribution in [0.25, 0.3) is 0 Å². The summed E-state index contributed by atoms with van der Waals surface area (Å²) in [4.78, 5) is 11.5. The van der Waals surface area contributed by atoms with Crippen LogP contribution in [0.5, 0.6) is 0 Å². The molecule has 0 rings (SSSR count). The molecule has 1 unspecified atom stereocenters. The minimum atomic E-state index is -0.145. The Hall–Kier alpha value is -0.580. The summed E-state index contributed by atoms with van der Waals surface area (Å²) in [6.45, 7) is 7.33. The van der Waals surface area contributed by atoms with Crippen molar-refractivity contribution in [3.63, 3.8) is 0 Å². The van der Waals surface area contributed by atoms with E-state index < -0.39 is 0 Å². The van der Waals surface area contributed by atoms with Gasteiger partial charge in [0.1, 0.15) is 0 Å². The summed E-state index contributed by atoms with van der Waals surface area (Å²) in [5.41, 5.74) is 0.494. The van der Waals surface area contributed by atoms with Gasteiger partial charge in [-0.1, -0.05) is 13.5 Å². The fourth-order valence-corrected chi connectivity index (χ4v) is 1.24. The van der Waals surface area contributed by atoms with Gasteiger partial charge >= 0.3 is 0 Å². The van der Waals surface area contributed by atoms with Gasteiger partial charge in [0.2, 0.25) is 0 Å². The van der Waals surface area contributed by atoms with E-state index in [2.05, 4.69) is 18.8 Å². The van der Waals surface area contributed by atoms with E-state index in [1.165, 1.54) is 0 Å². The fraction of sp³-hybridized carbons (Fsp3) is 0.727. The largest absolute Gasteiger partial charge is 1.00 e. The highest BCUT2D eigenvalue weighted by Gasteiger charge is 2.28. The van der Waals surface area contributed by atoms with Crippen LogP contribution < -0.4 is 17.7 Å². The molecular formula is C11H23ClN2O2. The van der Waals surface area contributed by atoms with E-state index in [-0.39, 0.29) is 31.2 Å². The van der Waals surface area contributed by atoms with Crippen molar-refractivity contribution < 1.29 is 26.8 Å². The molecule has 4 nitrogen and oxygen atoms in total. The van der Waals surface area contributed by atoms with Crippen LogP contribution in [0.15, 0.2) is 12.2 Å². The molecule has 0 spiro atoms. The third-order valence-corrected chi connectivity index (χ3v) is 2.46. The lowest BCUT2D eigenvalue weighted by Crippen LogP contribution is -3.00. The van der Waals surface area contributed by atoms with Gasteiger partial charge in [0.25, 0.3) is 5.91 Å². The van der Waals surface area contributed by atoms with Crippen molar-refractivity contribution in [1.82, 2.24) is 5.32 Å². The highest BCUT2D eigenvalue weighted by Crippen LogP contribution is 2.09. The predicted octanol–water partition coefficient (Wildman–Crippen LogP) is -2.16. The van der Waals surface area contributed by atoms with Crippen LogP contribution in [-0.4, -0.2) is 42.5 Å². The maximum Gasteiger partial charge on any atom is 0.250 e. The van der Waals surface area contributed by atoms with E-state index in [0.717, 1.165) is 12.8 Å². The zero-order valence-electron chi connectivity index (χ0n) is 10.6. The molecule has 0 heterocycles. The van der Waals surface area contributed by atoms with Crippen molar-refractivity contribution in [2.24, 2.45) is 0 Å². The lowest BCUT2D eigenvalue weighted by molar-refractivity contribution is -0.934. The van der Waals surface area contributed by atoms with Gasteiger partial charge < -0.3 is 22.8 Å². The molecule has 0 aromatic carbocycles. The quantitative estimate of drug-likeness (QED) is 0.321. The summed E-state index contributed by atoms with van der Waals surface area (Å²) < 4.78 is 0.368. The minimum Gasteiger partial charge on any atom is -1.00 e. The lowest BCUT2D eigenvalue weighted by Gasteiger charge is -2.36. The van der Waals surface area contributed by atoms with Gasteiger partial charge in [-0.3, -0.25) is 9.28 Å². The number of aliphatic hydroxyl groups is 1. The number of amides is 1. The van der Waals surface area contributed by atoms with E-state index in [9.17, 15) is 9.90 Å². The highest BCUT2D eigenvalue weighted by molar-refractivity contribution is 5.92. The SMILES string of the molecule is C=C(C)C(=O)NC(CCC)[N+](C)(C)CO.[Cl-]. The molecule has 0 aliphatic rings. The van der Waals surface area contributed by atoms with Crippen LogP contribution >= 0.6 is 0 Å². The molecular weight excluding hydrogens is 228 g/mol. The standard InChI is InChI=1S/C11H22N2O2.ClH/c1-6-7-10(13(4,5)8-14)12-11(15)9(2)3;/h10,14H,2,6-8H2,1,3-5H3;1H. The van der Waals surface area contributed by atoms with Crippen LogP contribution in [0.3, 0.4) is 0 Å². The molecule has 0 aliphatic heterocycles. The highest BCUT2D eigenvalue weighted by atomic mass is 35.5. The molecule has 96 valence electrons. The third kappa shape index (κ3) is 5.49. The molecule has 16 heavy (non-hydrogen) atoms. The topological polar surface area (TPSA) is 49.3 Å². The Morgan fingerprint density at radius 1 is 1.50 bits per heavy atom. The monoisotopic (exact) mass is 250 g/mol. The Morgan fingerprint density at radius 2 is 2.00 bits per heavy atom. The summed E-state index contributed by atoms with van der Waals surface area (Å²) in [6, 6.07) is 0. The number of halogens is 1. The van der Waals surface area contributed by atoms with Gasteiger partial charge in [-0.2, -0.15) is 0 Å². The molecule has 0 saturated heterocycles. The normalized spacial score (nSPS) is 12.6. The van der Waals surface area contributed by atoms with E-state index >= 15 is 0 Å². The van der Waals surface area contributed by atoms with Gasteiger partial charge in [-0.15, -0.1) is 0 Å². The van der Waals surface area contributed by atoms with Crippen molar-refractivity contribution >= 4 is 5.91 Å². The minimum absolute atomic E-state index is 0. The number of rotatable bonds is 6. The first-order valence-electron chi connectivity index (χ1n) is 5.25. The molecule has 0 aliphatic carbocycles. The number of carbonyl (C=O) groups excluding carboxylic acids is 1. The average molecular weight is 251 g/mol. The Bertz CT molecular complexity index is 242. The van der Waals surface area contributed by atoms with Gasteiger partial charge in [-0.25, -0.2) is 0 Å². The van der Waals surface area contributed by atoms with Gasteiger partial charge in [0, 0.05) is 12.0 Å². The van der Waals surface area contributed by atoms with Crippen molar-refractivity contribution in [2.75, 3.05) is 20.8 Å². The first-order valence-corrected chi connectivity index (χ1v) is 5.25. The van der Waals surface area contributed by atoms with E-state index in [1.54, 1.807) is 6.92 Å². The molecule has 1 amide bonds. The smallest absolute Gasteiger partial charge is 0.250 e. The maximum absolute atomic E-state index is 11.5. The first-order chi connectivity index (χ1) is 6.85. The molecule has 5 heteroatoms. The molecule has 0 radical (unpaired) electrons. The van der Waals surface area contributed by atoms with Crippen molar-refractivity contribution in [1.29, 1.82) is 0 Å². The summed E-state index contributed by atoms with van der Waals surface area (Å²) >= 11 is 0. The van der Waals surface area contributed by atoms with Crippen LogP contribution in [0.4, 0.5) is 0 Å². The Labute approximate surface area is 104 Å². The molecule has 0 fully saturated rings. The molecule has 1 atom stereocenters. The Morgan fingerprint density at radius 3 is 2.31 bits per heavy atom. The second-order valence-electron chi connectivity index (χ2n) is 4.48. The third-order valence-electron chi connectivity index (χ3n) is 2.46. The van der Waals surface area contributed by atoms with Crippen LogP contribution in [0.2, 0.25) is 0 Å². The molecule has 0 bridgehead atoms. The van der Waals surface area contributed by atoms with Crippen LogP contribution in [0.1, 0.15) is 26.7 Å². The summed E-state index contributed by atoms with van der Waals surface area (Å²) in [7, 11) is 3.78. The van der Waals surface area contributed by atoms with Gasteiger partial charge in [-0.05, 0) is 13.3 Å². The van der Waals surface area contributed by atoms with Crippen molar-refractivity contribution in [2.45, 2.75) is 32.9 Å². The zero-order valence-corrected chi connectivity index (χ0v) is 11.3. The van der Waals surface area contributed by atoms with E-state index in [1.807, 2.05) is 14.1 Å². The fourth-order valence-electron chi connectivity index (χ4n) is 1.24. The van der Waals surface area contributed by atoms with E-state index in [0.29, 0.717) is 10.1 Å². The molecule has 0 aromatic heterocycles. The second-order valence-corrected chi connectivity index (χ2v) is 4.48. The maximum atomic E-state index is 11.5. The number of carbonyl (C=O) groups is 1. The van der Waals surface area contributed by atoms with Crippen LogP contribution in [0, 0.1) is 0 Å². The number of aliphatic hydroxyl groups excluding tert-OH is 1. The van der Waals surface area contributed by atoms with Gasteiger partial charge in [0.15, 0.2) is 12.9 Å². The molecule has 2 N–H and O–H groups in total. The van der Waals surface area contributed by atoms with E-state index in [4.69, 9.17) is 0 Å². The van der Waals surface area contributed by atoms with Gasteiger partial charge in [0.05, 0.1) is 14.1 Å². The van der Waals surface area contributed by atoms with Crippen molar-refractivity contribution in [3.05, 3.63) is 12.2 Å².